The van der Waals surface area contributed by atoms with E-state index in [0.717, 1.165) is 49.4 Å². The Labute approximate surface area is 212 Å². The number of carboxylic acid groups (broad SMARTS) is 1. The number of hydrogen-bond donors (Lipinski definition) is 2. The van der Waals surface area contributed by atoms with E-state index in [2.05, 4.69) is 15.1 Å². The predicted molar refractivity (Wildman–Crippen MR) is 141 cm³/mol. The lowest BCUT2D eigenvalue weighted by Crippen LogP contribution is -2.48. The van der Waals surface area contributed by atoms with Gasteiger partial charge in [-0.3, -0.25) is 9.69 Å². The summed E-state index contributed by atoms with van der Waals surface area (Å²) in [6, 6.07) is 24.3. The molecule has 7 heteroatoms. The molecule has 0 saturated carbocycles. The molecule has 0 aliphatic carbocycles. The number of aromatic carboxylic acids is 1. The highest BCUT2D eigenvalue weighted by molar-refractivity contribution is 5.92. The molecular weight excluding hydrogens is 454 g/mol. The summed E-state index contributed by atoms with van der Waals surface area (Å²) in [5.41, 5.74) is 1.87. The Bertz CT molecular complexity index is 1150. The zero-order valence-electron chi connectivity index (χ0n) is 20.6. The van der Waals surface area contributed by atoms with Crippen LogP contribution in [-0.2, 0) is 11.3 Å². The van der Waals surface area contributed by atoms with Gasteiger partial charge >= 0.3 is 5.97 Å². The Balaban J connectivity index is 1.30. The molecule has 7 nitrogen and oxygen atoms in total. The minimum atomic E-state index is -0.908. The summed E-state index contributed by atoms with van der Waals surface area (Å²) in [5.74, 6) is 0.525. The van der Waals surface area contributed by atoms with Gasteiger partial charge in [0, 0.05) is 24.8 Å². The molecule has 1 atom stereocenters. The van der Waals surface area contributed by atoms with E-state index >= 15 is 0 Å². The van der Waals surface area contributed by atoms with Crippen LogP contribution in [0, 0.1) is 0 Å². The molecule has 0 radical (unpaired) electrons. The molecule has 3 aromatic carbocycles. The highest BCUT2D eigenvalue weighted by atomic mass is 16.5. The van der Waals surface area contributed by atoms with Crippen molar-refractivity contribution in [2.45, 2.75) is 31.8 Å². The van der Waals surface area contributed by atoms with Gasteiger partial charge in [0.1, 0.15) is 11.5 Å². The van der Waals surface area contributed by atoms with Crippen molar-refractivity contribution in [3.05, 3.63) is 90.0 Å². The molecule has 1 aliphatic rings. The number of para-hydroxylation sites is 1. The molecule has 1 amide bonds. The van der Waals surface area contributed by atoms with Crippen molar-refractivity contribution >= 4 is 17.6 Å². The molecule has 36 heavy (non-hydrogen) atoms. The quantitative estimate of drug-likeness (QED) is 0.414. The van der Waals surface area contributed by atoms with Crippen LogP contribution in [0.3, 0.4) is 0 Å². The number of hydrogen-bond acceptors (Lipinski definition) is 5. The van der Waals surface area contributed by atoms with Crippen molar-refractivity contribution in [1.29, 1.82) is 0 Å². The van der Waals surface area contributed by atoms with E-state index in [0.29, 0.717) is 24.4 Å². The van der Waals surface area contributed by atoms with Gasteiger partial charge in [0.05, 0.1) is 12.1 Å². The van der Waals surface area contributed by atoms with Crippen LogP contribution in [0.4, 0.5) is 5.69 Å². The Morgan fingerprint density at radius 3 is 2.42 bits per heavy atom. The molecule has 1 saturated heterocycles. The van der Waals surface area contributed by atoms with Crippen molar-refractivity contribution in [1.82, 2.24) is 9.80 Å². The van der Waals surface area contributed by atoms with E-state index < -0.39 is 5.97 Å². The topological polar surface area (TPSA) is 82.1 Å². The first-order valence-corrected chi connectivity index (χ1v) is 12.3. The maximum absolute atomic E-state index is 12.8. The summed E-state index contributed by atoms with van der Waals surface area (Å²) < 4.78 is 5.82. The van der Waals surface area contributed by atoms with E-state index in [4.69, 9.17) is 4.74 Å². The second-order valence-electron chi connectivity index (χ2n) is 9.27. The third kappa shape index (κ3) is 7.16. The fraction of sp³-hybridized carbons (Fsp3) is 0.310. The number of amides is 1. The number of rotatable bonds is 10. The van der Waals surface area contributed by atoms with Crippen LogP contribution >= 0.6 is 0 Å². The summed E-state index contributed by atoms with van der Waals surface area (Å²) in [5, 5.41) is 12.5. The first-order valence-electron chi connectivity index (χ1n) is 12.3. The zero-order valence-corrected chi connectivity index (χ0v) is 20.6. The standard InChI is InChI=1S/C29H33N3O4/c1-31(19-22-9-5-6-13-27(22)29(34)35)20-24-10-7-8-18-32(24)21-28(33)30-23-14-16-26(17-15-23)36-25-11-3-2-4-12-25/h2-6,9,11-17,24H,7-8,10,18-21H2,1H3,(H,30,33)(H,34,35). The van der Waals surface area contributed by atoms with Crippen molar-refractivity contribution in [2.75, 3.05) is 32.0 Å². The molecule has 1 unspecified atom stereocenters. The number of carbonyl (C=O) groups is 2. The second kappa shape index (κ2) is 12.3. The number of carboxylic acids is 1. The van der Waals surface area contributed by atoms with Crippen LogP contribution in [0.2, 0.25) is 0 Å². The average Bonchev–Trinajstić information content (AvgIpc) is 2.87. The van der Waals surface area contributed by atoms with E-state index in [-0.39, 0.29) is 11.9 Å². The minimum Gasteiger partial charge on any atom is -0.478 e. The number of benzene rings is 3. The minimum absolute atomic E-state index is 0.0440. The fourth-order valence-corrected chi connectivity index (χ4v) is 4.67. The number of likely N-dealkylation sites (tertiary alicyclic amines) is 1. The summed E-state index contributed by atoms with van der Waals surface area (Å²) >= 11 is 0. The molecule has 4 rings (SSSR count). The Kier molecular flexibility index (Phi) is 8.71. The SMILES string of the molecule is CN(Cc1ccccc1C(=O)O)CC1CCCCN1CC(=O)Nc1ccc(Oc2ccccc2)cc1. The van der Waals surface area contributed by atoms with Crippen molar-refractivity contribution in [3.63, 3.8) is 0 Å². The normalized spacial score (nSPS) is 16.0. The maximum atomic E-state index is 12.8. The van der Waals surface area contributed by atoms with Gasteiger partial charge in [0.25, 0.3) is 0 Å². The third-order valence-corrected chi connectivity index (χ3v) is 6.42. The smallest absolute Gasteiger partial charge is 0.336 e. The molecule has 0 aromatic heterocycles. The van der Waals surface area contributed by atoms with Crippen LogP contribution < -0.4 is 10.1 Å². The van der Waals surface area contributed by atoms with Gasteiger partial charge in [0.15, 0.2) is 0 Å². The number of nitrogens with one attached hydrogen (secondary N) is 1. The van der Waals surface area contributed by atoms with Gasteiger partial charge in [-0.15, -0.1) is 0 Å². The molecular formula is C29H33N3O4. The zero-order chi connectivity index (χ0) is 25.3. The van der Waals surface area contributed by atoms with Gasteiger partial charge < -0.3 is 20.1 Å². The first kappa shape index (κ1) is 25.4. The molecule has 0 bridgehead atoms. The lowest BCUT2D eigenvalue weighted by Gasteiger charge is -2.37. The highest BCUT2D eigenvalue weighted by Gasteiger charge is 2.26. The molecule has 3 aromatic rings. The van der Waals surface area contributed by atoms with Crippen LogP contribution in [0.15, 0.2) is 78.9 Å². The van der Waals surface area contributed by atoms with Crippen LogP contribution in [-0.4, -0.2) is 59.5 Å². The Morgan fingerprint density at radius 1 is 0.972 bits per heavy atom. The lowest BCUT2D eigenvalue weighted by atomic mass is 10.0. The average molecular weight is 488 g/mol. The largest absolute Gasteiger partial charge is 0.478 e. The maximum Gasteiger partial charge on any atom is 0.336 e. The predicted octanol–water partition coefficient (Wildman–Crippen LogP) is 5.10. The van der Waals surface area contributed by atoms with Gasteiger partial charge in [0.2, 0.25) is 5.91 Å². The molecule has 188 valence electrons. The summed E-state index contributed by atoms with van der Waals surface area (Å²) in [4.78, 5) is 28.8. The van der Waals surface area contributed by atoms with Gasteiger partial charge in [-0.2, -0.15) is 0 Å². The number of ether oxygens (including phenoxy) is 1. The van der Waals surface area contributed by atoms with E-state index in [9.17, 15) is 14.7 Å². The highest BCUT2D eigenvalue weighted by Crippen LogP contribution is 2.23. The molecule has 0 spiro atoms. The third-order valence-electron chi connectivity index (χ3n) is 6.42. The van der Waals surface area contributed by atoms with E-state index in [1.165, 1.54) is 0 Å². The molecule has 1 fully saturated rings. The van der Waals surface area contributed by atoms with Crippen molar-refractivity contribution in [2.24, 2.45) is 0 Å². The molecule has 1 heterocycles. The molecule has 2 N–H and O–H groups in total. The van der Waals surface area contributed by atoms with Gasteiger partial charge in [-0.1, -0.05) is 42.8 Å². The number of anilines is 1. The second-order valence-corrected chi connectivity index (χ2v) is 9.27. The number of likely N-dealkylation sites (N-methyl/N-ethyl adjacent to an activating group) is 1. The van der Waals surface area contributed by atoms with Crippen molar-refractivity contribution < 1.29 is 19.4 Å². The van der Waals surface area contributed by atoms with E-state index in [1.54, 1.807) is 12.1 Å². The fourth-order valence-electron chi connectivity index (χ4n) is 4.67. The summed E-state index contributed by atoms with van der Waals surface area (Å²) in [6.45, 7) is 2.52. The van der Waals surface area contributed by atoms with Gasteiger partial charge in [-0.05, 0) is 74.5 Å². The Hall–Kier alpha value is -3.68. The molecule has 1 aliphatic heterocycles. The number of nitrogens with zero attached hydrogens (tertiary/aromatic N) is 2. The number of carbonyl (C=O) groups excluding carboxylic acids is 1. The number of piperidine rings is 1. The summed E-state index contributed by atoms with van der Waals surface area (Å²) in [7, 11) is 2.00. The van der Waals surface area contributed by atoms with Crippen molar-refractivity contribution in [3.8, 4) is 11.5 Å². The monoisotopic (exact) mass is 487 g/mol. The first-order chi connectivity index (χ1) is 17.5. The van der Waals surface area contributed by atoms with Gasteiger partial charge in [-0.25, -0.2) is 4.79 Å². The van der Waals surface area contributed by atoms with Crippen LogP contribution in [0.5, 0.6) is 11.5 Å². The van der Waals surface area contributed by atoms with E-state index in [1.807, 2.05) is 73.8 Å². The van der Waals surface area contributed by atoms with Crippen LogP contribution in [0.1, 0.15) is 35.2 Å². The van der Waals surface area contributed by atoms with Crippen LogP contribution in [0.25, 0.3) is 0 Å². The lowest BCUT2D eigenvalue weighted by molar-refractivity contribution is -0.118. The summed E-state index contributed by atoms with van der Waals surface area (Å²) in [6.07, 6.45) is 3.22. The Morgan fingerprint density at radius 2 is 1.67 bits per heavy atom.